The van der Waals surface area contributed by atoms with Gasteiger partial charge in [-0.15, -0.1) is 0 Å². The van der Waals surface area contributed by atoms with E-state index >= 15 is 0 Å². The monoisotopic (exact) mass is 342 g/mol. The molecule has 0 aromatic heterocycles. The summed E-state index contributed by atoms with van der Waals surface area (Å²) in [6.07, 6.45) is 1.06. The molecule has 3 rings (SSSR count). The fraction of sp³-hybridized carbons (Fsp3) is 0.263. The molecule has 0 unspecified atom stereocenters. The van der Waals surface area contributed by atoms with E-state index < -0.39 is 0 Å². The molecule has 0 bridgehead atoms. The third-order valence-corrected chi connectivity index (χ3v) is 4.38. The molecule has 0 atom stereocenters. The molecular formula is C19H19ClN2O2. The van der Waals surface area contributed by atoms with Crippen LogP contribution in [0.3, 0.4) is 0 Å². The number of benzene rings is 2. The van der Waals surface area contributed by atoms with E-state index in [1.165, 1.54) is 0 Å². The molecule has 4 nitrogen and oxygen atoms in total. The van der Waals surface area contributed by atoms with Crippen molar-refractivity contribution in [1.29, 1.82) is 0 Å². The van der Waals surface area contributed by atoms with E-state index in [2.05, 4.69) is 0 Å². The molecule has 2 aromatic carbocycles. The van der Waals surface area contributed by atoms with E-state index in [1.54, 1.807) is 21.9 Å². The lowest BCUT2D eigenvalue weighted by atomic mass is 10.1. The average molecular weight is 343 g/mol. The number of hydrogen-bond donors (Lipinski definition) is 0. The van der Waals surface area contributed by atoms with Gasteiger partial charge in [0.1, 0.15) is 6.54 Å². The summed E-state index contributed by atoms with van der Waals surface area (Å²) in [5, 5.41) is 0.648. The Morgan fingerprint density at radius 1 is 1.00 bits per heavy atom. The summed E-state index contributed by atoms with van der Waals surface area (Å²) in [6, 6.07) is 16.8. The summed E-state index contributed by atoms with van der Waals surface area (Å²) in [4.78, 5) is 28.5. The maximum atomic E-state index is 12.5. The highest BCUT2D eigenvalue weighted by Gasteiger charge is 2.25. The van der Waals surface area contributed by atoms with E-state index in [0.717, 1.165) is 17.7 Å². The second-order valence-corrected chi connectivity index (χ2v) is 6.29. The summed E-state index contributed by atoms with van der Waals surface area (Å²) in [5.41, 5.74) is 1.79. The number of carbonyl (C=O) groups is 2. The second-order valence-electron chi connectivity index (χ2n) is 5.85. The largest absolute Gasteiger partial charge is 0.333 e. The predicted octanol–water partition coefficient (Wildman–Crippen LogP) is 3.15. The Bertz CT molecular complexity index is 716. The highest BCUT2D eigenvalue weighted by Crippen LogP contribution is 2.17. The fourth-order valence-corrected chi connectivity index (χ4v) is 2.98. The van der Waals surface area contributed by atoms with E-state index in [4.69, 9.17) is 11.6 Å². The molecule has 1 saturated heterocycles. The molecular weight excluding hydrogens is 324 g/mol. The van der Waals surface area contributed by atoms with Crippen LogP contribution < -0.4 is 4.90 Å². The third-order valence-electron chi connectivity index (χ3n) is 4.13. The zero-order valence-electron chi connectivity index (χ0n) is 13.3. The molecule has 1 aliphatic heterocycles. The Labute approximate surface area is 146 Å². The summed E-state index contributed by atoms with van der Waals surface area (Å²) in [5.74, 6) is -0.0660. The summed E-state index contributed by atoms with van der Waals surface area (Å²) in [6.45, 7) is 1.36. The fourth-order valence-electron chi connectivity index (χ4n) is 2.85. The Kier molecular flexibility index (Phi) is 5.16. The van der Waals surface area contributed by atoms with Gasteiger partial charge in [0, 0.05) is 23.8 Å². The number of carbonyl (C=O) groups excluding carboxylic acids is 2. The Morgan fingerprint density at radius 3 is 2.42 bits per heavy atom. The van der Waals surface area contributed by atoms with Crippen LogP contribution in [0.5, 0.6) is 0 Å². The van der Waals surface area contributed by atoms with E-state index in [-0.39, 0.29) is 24.8 Å². The number of para-hydroxylation sites is 1. The Balaban J connectivity index is 1.66. The van der Waals surface area contributed by atoms with Gasteiger partial charge in [-0.2, -0.15) is 0 Å². The summed E-state index contributed by atoms with van der Waals surface area (Å²) < 4.78 is 0. The highest BCUT2D eigenvalue weighted by molar-refractivity contribution is 6.30. The van der Waals surface area contributed by atoms with Crippen LogP contribution in [0, 0.1) is 0 Å². The van der Waals surface area contributed by atoms with Gasteiger partial charge in [-0.1, -0.05) is 41.9 Å². The molecule has 2 aromatic rings. The average Bonchev–Trinajstić information content (AvgIpc) is 2.79. The quantitative estimate of drug-likeness (QED) is 0.859. The number of halogens is 1. The lowest BCUT2D eigenvalue weighted by Crippen LogP contribution is -2.40. The normalized spacial score (nSPS) is 15.3. The zero-order valence-corrected chi connectivity index (χ0v) is 14.1. The molecule has 0 saturated carbocycles. The first-order valence-electron chi connectivity index (χ1n) is 8.01. The van der Waals surface area contributed by atoms with Crippen molar-refractivity contribution in [3.8, 4) is 0 Å². The van der Waals surface area contributed by atoms with Crippen molar-refractivity contribution in [2.24, 2.45) is 0 Å². The molecule has 2 amide bonds. The number of hydrogen-bond acceptors (Lipinski definition) is 2. The van der Waals surface area contributed by atoms with Crippen LogP contribution in [-0.2, 0) is 16.0 Å². The number of rotatable bonds is 3. The molecule has 24 heavy (non-hydrogen) atoms. The SMILES string of the molecule is O=C(Cc1ccc(Cl)cc1)N1CCCN(c2ccccc2)C(=O)C1. The second kappa shape index (κ2) is 7.49. The molecule has 1 heterocycles. The molecule has 0 N–H and O–H groups in total. The van der Waals surface area contributed by atoms with E-state index in [0.29, 0.717) is 18.1 Å². The van der Waals surface area contributed by atoms with Gasteiger partial charge >= 0.3 is 0 Å². The van der Waals surface area contributed by atoms with Crippen molar-refractivity contribution in [2.45, 2.75) is 12.8 Å². The molecule has 1 aliphatic rings. The van der Waals surface area contributed by atoms with Gasteiger partial charge in [-0.05, 0) is 36.2 Å². The number of amides is 2. The van der Waals surface area contributed by atoms with Crippen LogP contribution in [0.2, 0.25) is 5.02 Å². The lowest BCUT2D eigenvalue weighted by Gasteiger charge is -2.22. The minimum Gasteiger partial charge on any atom is -0.333 e. The molecule has 124 valence electrons. The Hall–Kier alpha value is -2.33. The van der Waals surface area contributed by atoms with Crippen molar-refractivity contribution >= 4 is 29.1 Å². The van der Waals surface area contributed by atoms with Crippen LogP contribution in [0.4, 0.5) is 5.69 Å². The van der Waals surface area contributed by atoms with E-state index in [9.17, 15) is 9.59 Å². The van der Waals surface area contributed by atoms with Crippen molar-refractivity contribution < 1.29 is 9.59 Å². The molecule has 0 spiro atoms. The van der Waals surface area contributed by atoms with Crippen LogP contribution in [-0.4, -0.2) is 36.3 Å². The predicted molar refractivity (Wildman–Crippen MR) is 95.1 cm³/mol. The van der Waals surface area contributed by atoms with Crippen molar-refractivity contribution in [2.75, 3.05) is 24.5 Å². The molecule has 1 fully saturated rings. The Morgan fingerprint density at radius 2 is 1.71 bits per heavy atom. The van der Waals surface area contributed by atoms with Crippen LogP contribution in [0.15, 0.2) is 54.6 Å². The maximum Gasteiger partial charge on any atom is 0.246 e. The van der Waals surface area contributed by atoms with Crippen LogP contribution in [0.1, 0.15) is 12.0 Å². The van der Waals surface area contributed by atoms with Gasteiger partial charge in [0.25, 0.3) is 0 Å². The zero-order chi connectivity index (χ0) is 16.9. The topological polar surface area (TPSA) is 40.6 Å². The first-order chi connectivity index (χ1) is 11.6. The van der Waals surface area contributed by atoms with Gasteiger partial charge in [0.2, 0.25) is 11.8 Å². The van der Waals surface area contributed by atoms with Gasteiger partial charge in [0.15, 0.2) is 0 Å². The van der Waals surface area contributed by atoms with Crippen molar-refractivity contribution in [1.82, 2.24) is 4.90 Å². The molecule has 0 aliphatic carbocycles. The molecule has 0 radical (unpaired) electrons. The van der Waals surface area contributed by atoms with Crippen molar-refractivity contribution in [3.63, 3.8) is 0 Å². The van der Waals surface area contributed by atoms with Gasteiger partial charge < -0.3 is 9.80 Å². The minimum absolute atomic E-state index is 0.0272. The van der Waals surface area contributed by atoms with Crippen molar-refractivity contribution in [3.05, 3.63) is 65.2 Å². The highest BCUT2D eigenvalue weighted by atomic mass is 35.5. The summed E-state index contributed by atoms with van der Waals surface area (Å²) >= 11 is 5.87. The first kappa shape index (κ1) is 16.5. The number of anilines is 1. The molecule has 5 heteroatoms. The van der Waals surface area contributed by atoms with Gasteiger partial charge in [-0.25, -0.2) is 0 Å². The third kappa shape index (κ3) is 3.95. The van der Waals surface area contributed by atoms with Crippen LogP contribution in [0.25, 0.3) is 0 Å². The van der Waals surface area contributed by atoms with Crippen LogP contribution >= 0.6 is 11.6 Å². The first-order valence-corrected chi connectivity index (χ1v) is 8.39. The smallest absolute Gasteiger partial charge is 0.246 e. The maximum absolute atomic E-state index is 12.5. The minimum atomic E-state index is -0.0387. The van der Waals surface area contributed by atoms with E-state index in [1.807, 2.05) is 42.5 Å². The lowest BCUT2D eigenvalue weighted by molar-refractivity contribution is -0.134. The summed E-state index contributed by atoms with van der Waals surface area (Å²) in [7, 11) is 0. The van der Waals surface area contributed by atoms with Gasteiger partial charge in [0.05, 0.1) is 6.42 Å². The standard InChI is InChI=1S/C19H19ClN2O2/c20-16-9-7-15(8-10-16)13-18(23)21-11-4-12-22(19(24)14-21)17-5-2-1-3-6-17/h1-3,5-10H,4,11-14H2. The number of nitrogens with zero attached hydrogens (tertiary/aromatic N) is 2. The van der Waals surface area contributed by atoms with Gasteiger partial charge in [-0.3, -0.25) is 9.59 Å².